The van der Waals surface area contributed by atoms with Gasteiger partial charge >= 0.3 is 5.97 Å². The van der Waals surface area contributed by atoms with Crippen LogP contribution in [-0.2, 0) is 9.53 Å². The summed E-state index contributed by atoms with van der Waals surface area (Å²) < 4.78 is 4.96. The molecule has 0 aliphatic heterocycles. The van der Waals surface area contributed by atoms with E-state index in [1.807, 2.05) is 6.92 Å². The van der Waals surface area contributed by atoms with E-state index in [1.165, 1.54) is 6.08 Å². The molecule has 0 saturated heterocycles. The van der Waals surface area contributed by atoms with Crippen LogP contribution in [0.2, 0.25) is 0 Å². The molecule has 5 heteroatoms. The number of rotatable bonds is 8. The first kappa shape index (κ1) is 19.8. The van der Waals surface area contributed by atoms with Crippen LogP contribution >= 0.6 is 0 Å². The molecule has 6 atom stereocenters. The summed E-state index contributed by atoms with van der Waals surface area (Å²) in [6, 6.07) is -1.10. The van der Waals surface area contributed by atoms with E-state index in [9.17, 15) is 15.0 Å². The number of carbonyl (C=O) groups is 1. The van der Waals surface area contributed by atoms with Crippen molar-refractivity contribution in [2.75, 3.05) is 6.61 Å². The number of aliphatic imine (C=N–C) groups is 1. The quantitative estimate of drug-likeness (QED) is 0.408. The summed E-state index contributed by atoms with van der Waals surface area (Å²) in [6.07, 6.45) is 1.17. The summed E-state index contributed by atoms with van der Waals surface area (Å²) in [7, 11) is 0. The Morgan fingerprint density at radius 3 is 2.52 bits per heavy atom. The van der Waals surface area contributed by atoms with Crippen molar-refractivity contribution in [3.63, 3.8) is 0 Å². The fraction of sp³-hybridized carbons (Fsp3) is 0.778. The van der Waals surface area contributed by atoms with E-state index in [1.54, 1.807) is 20.8 Å². The van der Waals surface area contributed by atoms with Crippen LogP contribution in [0.15, 0.2) is 17.6 Å². The molecule has 1 saturated carbocycles. The predicted octanol–water partition coefficient (Wildman–Crippen LogP) is 2.36. The largest absolute Gasteiger partial charge is 0.464 e. The second kappa shape index (κ2) is 7.14. The van der Waals surface area contributed by atoms with Crippen molar-refractivity contribution in [1.82, 2.24) is 0 Å². The lowest BCUT2D eigenvalue weighted by atomic mass is 9.75. The fourth-order valence-electron chi connectivity index (χ4n) is 3.12. The Hall–Kier alpha value is -1.20. The summed E-state index contributed by atoms with van der Waals surface area (Å²) in [6.45, 7) is 15.1. The molecule has 0 amide bonds. The van der Waals surface area contributed by atoms with Gasteiger partial charge in [-0.3, -0.25) is 4.99 Å². The van der Waals surface area contributed by atoms with Gasteiger partial charge < -0.3 is 14.9 Å². The van der Waals surface area contributed by atoms with Crippen molar-refractivity contribution in [3.05, 3.63) is 12.7 Å². The van der Waals surface area contributed by atoms with Gasteiger partial charge in [-0.05, 0) is 44.4 Å². The summed E-state index contributed by atoms with van der Waals surface area (Å²) >= 11 is 0. The van der Waals surface area contributed by atoms with Crippen molar-refractivity contribution in [3.8, 4) is 0 Å². The minimum atomic E-state index is -1.16. The Labute approximate surface area is 139 Å². The van der Waals surface area contributed by atoms with Crippen LogP contribution in [0.3, 0.4) is 0 Å². The molecule has 1 aliphatic carbocycles. The molecule has 23 heavy (non-hydrogen) atoms. The molecule has 0 aromatic heterocycles. The molecule has 1 rings (SSSR count). The number of hydrogen-bond donors (Lipinski definition) is 2. The first-order valence-corrected chi connectivity index (χ1v) is 8.26. The lowest BCUT2D eigenvalue weighted by Gasteiger charge is -2.36. The third-order valence-corrected chi connectivity index (χ3v) is 5.70. The van der Waals surface area contributed by atoms with Crippen molar-refractivity contribution in [2.24, 2.45) is 22.2 Å². The van der Waals surface area contributed by atoms with Crippen LogP contribution in [-0.4, -0.2) is 46.2 Å². The van der Waals surface area contributed by atoms with E-state index >= 15 is 0 Å². The smallest absolute Gasteiger partial charge is 0.333 e. The van der Waals surface area contributed by atoms with E-state index < -0.39 is 23.7 Å². The minimum absolute atomic E-state index is 0.0162. The first-order chi connectivity index (χ1) is 10.5. The number of ether oxygens (including phenoxy) is 1. The zero-order valence-electron chi connectivity index (χ0n) is 15.2. The zero-order valence-corrected chi connectivity index (χ0v) is 15.2. The van der Waals surface area contributed by atoms with Gasteiger partial charge in [0.05, 0.1) is 6.61 Å². The molecule has 0 bridgehead atoms. The highest BCUT2D eigenvalue weighted by molar-refractivity contribution is 5.92. The first-order valence-electron chi connectivity index (χ1n) is 8.26. The summed E-state index contributed by atoms with van der Waals surface area (Å²) in [5, 5.41) is 20.9. The van der Waals surface area contributed by atoms with Crippen LogP contribution in [0.5, 0.6) is 0 Å². The Morgan fingerprint density at radius 1 is 1.61 bits per heavy atom. The number of hydrogen-bond acceptors (Lipinski definition) is 5. The molecule has 0 spiro atoms. The fourth-order valence-corrected chi connectivity index (χ4v) is 3.12. The SMILES string of the molecule is C=C[C@H](O)[C@H](N=C(C)[C@](C)(O)C(C)[C@]1(C)CC1C)C(=O)OCC. The maximum absolute atomic E-state index is 12.0. The summed E-state index contributed by atoms with van der Waals surface area (Å²) in [5.74, 6) is -0.0810. The van der Waals surface area contributed by atoms with Gasteiger partial charge in [0.1, 0.15) is 11.7 Å². The molecular weight excluding hydrogens is 294 g/mol. The number of nitrogens with zero attached hydrogens (tertiary/aromatic N) is 1. The van der Waals surface area contributed by atoms with Gasteiger partial charge in [-0.25, -0.2) is 4.79 Å². The van der Waals surface area contributed by atoms with Gasteiger partial charge in [0.25, 0.3) is 0 Å². The molecule has 1 aliphatic rings. The van der Waals surface area contributed by atoms with E-state index in [4.69, 9.17) is 4.74 Å². The summed E-state index contributed by atoms with van der Waals surface area (Å²) in [5.41, 5.74) is -0.675. The molecular formula is C18H31NO4. The minimum Gasteiger partial charge on any atom is -0.464 e. The van der Waals surface area contributed by atoms with Crippen LogP contribution in [0.25, 0.3) is 0 Å². The molecule has 0 radical (unpaired) electrons. The van der Waals surface area contributed by atoms with Gasteiger partial charge in [-0.1, -0.05) is 26.8 Å². The Bertz CT molecular complexity index is 485. The van der Waals surface area contributed by atoms with Gasteiger partial charge in [0.2, 0.25) is 0 Å². The Kier molecular flexibility index (Phi) is 6.16. The monoisotopic (exact) mass is 325 g/mol. The van der Waals surface area contributed by atoms with Crippen LogP contribution in [0, 0.1) is 17.3 Å². The number of aliphatic hydroxyl groups excluding tert-OH is 1. The number of carbonyl (C=O) groups excluding carboxylic acids is 1. The topological polar surface area (TPSA) is 79.1 Å². The van der Waals surface area contributed by atoms with E-state index in [2.05, 4.69) is 25.4 Å². The summed E-state index contributed by atoms with van der Waals surface area (Å²) in [4.78, 5) is 16.3. The maximum atomic E-state index is 12.0. The predicted molar refractivity (Wildman–Crippen MR) is 91.4 cm³/mol. The lowest BCUT2D eigenvalue weighted by molar-refractivity contribution is -0.146. The molecule has 2 N–H and O–H groups in total. The van der Waals surface area contributed by atoms with Gasteiger partial charge in [0, 0.05) is 5.71 Å². The van der Waals surface area contributed by atoms with E-state index in [-0.39, 0.29) is 17.9 Å². The van der Waals surface area contributed by atoms with Crippen LogP contribution in [0.1, 0.15) is 48.0 Å². The molecule has 0 heterocycles. The molecule has 132 valence electrons. The average Bonchev–Trinajstić information content (AvgIpc) is 3.11. The molecule has 0 aromatic rings. The molecule has 0 aromatic carbocycles. The van der Waals surface area contributed by atoms with Gasteiger partial charge in [-0.2, -0.15) is 0 Å². The third-order valence-electron chi connectivity index (χ3n) is 5.70. The van der Waals surface area contributed by atoms with Gasteiger partial charge in [0.15, 0.2) is 6.04 Å². The average molecular weight is 325 g/mol. The highest BCUT2D eigenvalue weighted by Crippen LogP contribution is 2.59. The third kappa shape index (κ3) is 4.01. The Balaban J connectivity index is 3.05. The highest BCUT2D eigenvalue weighted by atomic mass is 16.5. The van der Waals surface area contributed by atoms with Crippen molar-refractivity contribution < 1.29 is 19.7 Å². The maximum Gasteiger partial charge on any atom is 0.333 e. The van der Waals surface area contributed by atoms with Crippen molar-refractivity contribution >= 4 is 11.7 Å². The van der Waals surface area contributed by atoms with E-state index in [0.717, 1.165) is 6.42 Å². The Morgan fingerprint density at radius 2 is 2.13 bits per heavy atom. The zero-order chi connectivity index (χ0) is 18.0. The normalized spacial score (nSPS) is 30.8. The van der Waals surface area contributed by atoms with Crippen LogP contribution < -0.4 is 0 Å². The highest BCUT2D eigenvalue weighted by Gasteiger charge is 2.56. The van der Waals surface area contributed by atoms with Gasteiger partial charge in [-0.15, -0.1) is 6.58 Å². The standard InChI is InChI=1S/C18H31NO4/c1-8-14(20)15(16(21)23-9-2)19-13(5)18(7,22)12(4)17(6)10-11(17)3/h8,11-12,14-15,20,22H,1,9-10H2,2-7H3/t11?,12?,14-,15-,17+,18+/m0/s1. The number of aliphatic hydroxyl groups is 2. The molecule has 1 fully saturated rings. The van der Waals surface area contributed by atoms with Crippen LogP contribution in [0.4, 0.5) is 0 Å². The second-order valence-corrected chi connectivity index (χ2v) is 7.12. The van der Waals surface area contributed by atoms with Crippen molar-refractivity contribution in [2.45, 2.75) is 65.7 Å². The molecule has 2 unspecified atom stereocenters. The lowest BCUT2D eigenvalue weighted by Crippen LogP contribution is -2.46. The molecule has 5 nitrogen and oxygen atoms in total. The second-order valence-electron chi connectivity index (χ2n) is 7.12. The van der Waals surface area contributed by atoms with E-state index in [0.29, 0.717) is 11.6 Å². The number of esters is 1. The van der Waals surface area contributed by atoms with Crippen molar-refractivity contribution in [1.29, 1.82) is 0 Å².